The predicted octanol–water partition coefficient (Wildman–Crippen LogP) is 25.2. The third kappa shape index (κ3) is 76.3. The smallest absolute Gasteiger partial charge is 0.462 e. The Morgan fingerprint density at radius 2 is 0.451 bits per heavy atom. The molecule has 0 aliphatic rings. The van der Waals surface area contributed by atoms with Crippen LogP contribution < -0.4 is 0 Å². The van der Waals surface area contributed by atoms with Gasteiger partial charge in [-0.25, -0.2) is 9.13 Å². The molecule has 0 aliphatic carbocycles. The second-order valence-electron chi connectivity index (χ2n) is 30.3. The van der Waals surface area contributed by atoms with E-state index in [9.17, 15) is 43.2 Å². The highest BCUT2D eigenvalue weighted by Crippen LogP contribution is 2.45. The van der Waals surface area contributed by atoms with Crippen LogP contribution in [-0.4, -0.2) is 96.7 Å². The van der Waals surface area contributed by atoms with Crippen LogP contribution in [0.3, 0.4) is 0 Å². The molecule has 0 saturated heterocycles. The summed E-state index contributed by atoms with van der Waals surface area (Å²) in [5.41, 5.74) is 0. The van der Waals surface area contributed by atoms with Gasteiger partial charge in [0.15, 0.2) is 12.2 Å². The Labute approximate surface area is 626 Å². The van der Waals surface area contributed by atoms with E-state index in [0.29, 0.717) is 25.7 Å². The van der Waals surface area contributed by atoms with E-state index in [1.165, 1.54) is 270 Å². The van der Waals surface area contributed by atoms with Crippen LogP contribution in [-0.2, 0) is 65.4 Å². The van der Waals surface area contributed by atoms with Crippen LogP contribution in [0.1, 0.15) is 446 Å². The molecular formula is C83H162O17P2. The second-order valence-corrected chi connectivity index (χ2v) is 33.3. The number of phosphoric acid groups is 2. The maximum absolute atomic E-state index is 13.1. The topological polar surface area (TPSA) is 237 Å². The molecule has 0 amide bonds. The van der Waals surface area contributed by atoms with Gasteiger partial charge < -0.3 is 33.8 Å². The van der Waals surface area contributed by atoms with Gasteiger partial charge in [0.25, 0.3) is 0 Å². The summed E-state index contributed by atoms with van der Waals surface area (Å²) in [5.74, 6) is -1.35. The zero-order valence-corrected chi connectivity index (χ0v) is 68.5. The van der Waals surface area contributed by atoms with Crippen molar-refractivity contribution in [3.8, 4) is 0 Å². The molecule has 0 aromatic heterocycles. The number of ether oxygens (including phenoxy) is 4. The molecule has 0 aromatic carbocycles. The van der Waals surface area contributed by atoms with Crippen LogP contribution >= 0.6 is 15.6 Å². The number of carbonyl (C=O) groups is 4. The van der Waals surface area contributed by atoms with Gasteiger partial charge in [0.2, 0.25) is 0 Å². The molecule has 0 fully saturated rings. The Hall–Kier alpha value is -1.94. The Kier molecular flexibility index (Phi) is 74.4. The molecule has 19 heteroatoms. The standard InChI is InChI=1S/C83H162O17P2/c1-6-9-12-15-18-21-24-27-29-31-32-33-35-37-39-42-48-53-58-63-68-82(87)99-78(72-94-81(86)67-62-57-52-47-41-38-36-34-30-28-25-22-19-16-13-10-7-2)74-97-101(89,90)95-70-77(84)71-96-102(91,92)98-75-79(73-93-80(85)66-61-56-51-46-40-26-23-20-17-14-11-8-3)100-83(88)69-64-59-54-49-44-43-45-50-55-60-65-76(4)5/h76-79,84H,6-75H2,1-5H3,(H,89,90)(H,91,92)/t77-,78-,79-/m1/s1. The number of aliphatic hydroxyl groups is 1. The van der Waals surface area contributed by atoms with E-state index in [2.05, 4.69) is 34.6 Å². The van der Waals surface area contributed by atoms with Gasteiger partial charge in [-0.05, 0) is 31.6 Å². The van der Waals surface area contributed by atoms with E-state index in [1.807, 2.05) is 0 Å². The molecule has 5 atom stereocenters. The molecule has 0 aromatic rings. The van der Waals surface area contributed by atoms with E-state index in [4.69, 9.17) is 37.0 Å². The Bertz CT molecular complexity index is 1940. The first kappa shape index (κ1) is 100. The number of hydrogen-bond donors (Lipinski definition) is 3. The number of unbranched alkanes of at least 4 members (excludes halogenated alkanes) is 55. The maximum Gasteiger partial charge on any atom is 0.472 e. The van der Waals surface area contributed by atoms with E-state index < -0.39 is 97.5 Å². The Morgan fingerprint density at radius 1 is 0.265 bits per heavy atom. The number of aliphatic hydroxyl groups excluding tert-OH is 1. The van der Waals surface area contributed by atoms with E-state index in [-0.39, 0.29) is 25.7 Å². The summed E-state index contributed by atoms with van der Waals surface area (Å²) in [6.45, 7) is 7.34. The van der Waals surface area contributed by atoms with Crippen molar-refractivity contribution >= 4 is 39.5 Å². The van der Waals surface area contributed by atoms with E-state index in [0.717, 1.165) is 95.8 Å². The van der Waals surface area contributed by atoms with Gasteiger partial charge in [0.05, 0.1) is 26.4 Å². The molecule has 0 rings (SSSR count). The SMILES string of the molecule is CCCCCCCCCCCCCCCCCCCCCCC(=O)O[C@H](COC(=O)CCCCCCCCCCCCCCCCCCC)COP(=O)(O)OC[C@@H](O)COP(=O)(O)OC[C@@H](COC(=O)CCCCCCCCCCCCCC)OC(=O)CCCCCCCCCCCCC(C)C. The Morgan fingerprint density at radius 3 is 0.667 bits per heavy atom. The zero-order chi connectivity index (χ0) is 74.8. The van der Waals surface area contributed by atoms with Crippen molar-refractivity contribution in [3.05, 3.63) is 0 Å². The quantitative estimate of drug-likeness (QED) is 0.0222. The van der Waals surface area contributed by atoms with Crippen LogP contribution in [0.5, 0.6) is 0 Å². The molecule has 0 saturated carbocycles. The Balaban J connectivity index is 5.24. The fraction of sp³-hybridized carbons (Fsp3) is 0.952. The molecule has 0 bridgehead atoms. The van der Waals surface area contributed by atoms with Crippen LogP contribution in [0.4, 0.5) is 0 Å². The second kappa shape index (κ2) is 75.9. The van der Waals surface area contributed by atoms with E-state index >= 15 is 0 Å². The first-order valence-corrected chi connectivity index (χ1v) is 46.1. The highest BCUT2D eigenvalue weighted by atomic mass is 31.2. The monoisotopic (exact) mass is 1490 g/mol. The van der Waals surface area contributed by atoms with Crippen molar-refractivity contribution in [1.82, 2.24) is 0 Å². The van der Waals surface area contributed by atoms with Gasteiger partial charge in [-0.2, -0.15) is 0 Å². The summed E-state index contributed by atoms with van der Waals surface area (Å²) in [4.78, 5) is 73.1. The molecule has 0 aliphatic heterocycles. The van der Waals surface area contributed by atoms with Crippen molar-refractivity contribution in [2.24, 2.45) is 5.92 Å². The summed E-state index contributed by atoms with van der Waals surface area (Å²) in [6.07, 6.45) is 68.0. The molecule has 0 radical (unpaired) electrons. The highest BCUT2D eigenvalue weighted by molar-refractivity contribution is 7.47. The molecule has 2 unspecified atom stereocenters. The average Bonchev–Trinajstić information content (AvgIpc) is 0.921. The lowest BCUT2D eigenvalue weighted by Crippen LogP contribution is -2.30. The largest absolute Gasteiger partial charge is 0.472 e. The van der Waals surface area contributed by atoms with Gasteiger partial charge in [-0.3, -0.25) is 37.3 Å². The molecule has 3 N–H and O–H groups in total. The van der Waals surface area contributed by atoms with Gasteiger partial charge in [-0.1, -0.05) is 394 Å². The van der Waals surface area contributed by atoms with Crippen molar-refractivity contribution in [2.45, 2.75) is 464 Å². The fourth-order valence-corrected chi connectivity index (χ4v) is 14.5. The fourth-order valence-electron chi connectivity index (χ4n) is 12.9. The summed E-state index contributed by atoms with van der Waals surface area (Å²) < 4.78 is 68.8. The molecule has 606 valence electrons. The van der Waals surface area contributed by atoms with E-state index in [1.54, 1.807) is 0 Å². The summed E-state index contributed by atoms with van der Waals surface area (Å²) >= 11 is 0. The number of esters is 4. The lowest BCUT2D eigenvalue weighted by atomic mass is 10.0. The molecule has 102 heavy (non-hydrogen) atoms. The van der Waals surface area contributed by atoms with Gasteiger partial charge in [0, 0.05) is 25.7 Å². The normalized spacial score (nSPS) is 13.8. The van der Waals surface area contributed by atoms with Gasteiger partial charge in [0.1, 0.15) is 19.3 Å². The third-order valence-electron chi connectivity index (χ3n) is 19.5. The van der Waals surface area contributed by atoms with Crippen molar-refractivity contribution in [2.75, 3.05) is 39.6 Å². The van der Waals surface area contributed by atoms with Crippen LogP contribution in [0, 0.1) is 5.92 Å². The van der Waals surface area contributed by atoms with Crippen LogP contribution in [0.25, 0.3) is 0 Å². The minimum Gasteiger partial charge on any atom is -0.462 e. The van der Waals surface area contributed by atoms with Crippen molar-refractivity contribution in [1.29, 1.82) is 0 Å². The number of rotatable bonds is 83. The molecular weight excluding hydrogens is 1330 g/mol. The lowest BCUT2D eigenvalue weighted by molar-refractivity contribution is -0.161. The van der Waals surface area contributed by atoms with Crippen molar-refractivity contribution in [3.63, 3.8) is 0 Å². The van der Waals surface area contributed by atoms with Gasteiger partial charge in [-0.15, -0.1) is 0 Å². The number of carbonyl (C=O) groups excluding carboxylic acids is 4. The lowest BCUT2D eigenvalue weighted by Gasteiger charge is -2.21. The third-order valence-corrected chi connectivity index (χ3v) is 21.4. The van der Waals surface area contributed by atoms with Gasteiger partial charge >= 0.3 is 39.5 Å². The molecule has 17 nitrogen and oxygen atoms in total. The number of hydrogen-bond acceptors (Lipinski definition) is 15. The highest BCUT2D eigenvalue weighted by Gasteiger charge is 2.30. The zero-order valence-electron chi connectivity index (χ0n) is 66.8. The molecule has 0 spiro atoms. The summed E-state index contributed by atoms with van der Waals surface area (Å²) in [5, 5.41) is 10.7. The predicted molar refractivity (Wildman–Crippen MR) is 418 cm³/mol. The summed E-state index contributed by atoms with van der Waals surface area (Å²) in [7, 11) is -9.92. The average molecular weight is 1490 g/mol. The van der Waals surface area contributed by atoms with Crippen molar-refractivity contribution < 1.29 is 80.2 Å². The van der Waals surface area contributed by atoms with Crippen LogP contribution in [0.15, 0.2) is 0 Å². The molecule has 0 heterocycles. The first-order valence-electron chi connectivity index (χ1n) is 43.1. The first-order chi connectivity index (χ1) is 49.5. The summed E-state index contributed by atoms with van der Waals surface area (Å²) in [6, 6.07) is 0. The maximum atomic E-state index is 13.1. The van der Waals surface area contributed by atoms with Crippen LogP contribution in [0.2, 0.25) is 0 Å². The minimum absolute atomic E-state index is 0.107. The number of phosphoric ester groups is 2. The minimum atomic E-state index is -4.96.